The second-order valence-corrected chi connectivity index (χ2v) is 8.98. The van der Waals surface area contributed by atoms with Gasteiger partial charge in [0, 0.05) is 44.0 Å². The number of rotatable bonds is 3. The van der Waals surface area contributed by atoms with Crippen LogP contribution in [-0.2, 0) is 25.8 Å². The van der Waals surface area contributed by atoms with E-state index in [1.807, 2.05) is 19.1 Å². The van der Waals surface area contributed by atoms with Crippen LogP contribution in [-0.4, -0.2) is 32.6 Å². The molecule has 2 aliphatic rings. The molecule has 0 spiro atoms. The monoisotopic (exact) mass is 597 g/mol. The molecule has 1 N–H and O–H groups in total. The van der Waals surface area contributed by atoms with Gasteiger partial charge in [0.1, 0.15) is 23.3 Å². The van der Waals surface area contributed by atoms with Crippen molar-refractivity contribution in [1.29, 1.82) is 0 Å². The molecule has 0 unspecified atom stereocenters. The molecular weight excluding hydrogens is 573 g/mol. The van der Waals surface area contributed by atoms with Crippen LogP contribution in [0.5, 0.6) is 17.4 Å². The topological polar surface area (TPSA) is 76.8 Å². The SMILES string of the molecule is Cc1cc(O)c2nc(Oc3[c-]c(C4=N[C@]5(C)[C@@H](CCC5(C)C)O4)ncc3)ccc2c1.[Pt]. The van der Waals surface area contributed by atoms with Gasteiger partial charge in [-0.3, -0.25) is 4.98 Å². The van der Waals surface area contributed by atoms with Crippen molar-refractivity contribution >= 4 is 16.8 Å². The number of phenolic OH excluding ortho intramolecular Hbond substituents is 1. The van der Waals surface area contributed by atoms with Crippen LogP contribution in [0.25, 0.3) is 10.9 Å². The Bertz CT molecular complexity index is 1190. The molecule has 31 heavy (non-hydrogen) atoms. The molecule has 1 aliphatic heterocycles. The third kappa shape index (κ3) is 3.61. The van der Waals surface area contributed by atoms with Gasteiger partial charge in [-0.1, -0.05) is 19.9 Å². The average molecular weight is 598 g/mol. The summed E-state index contributed by atoms with van der Waals surface area (Å²) in [6, 6.07) is 12.2. The van der Waals surface area contributed by atoms with Crippen molar-refractivity contribution in [2.24, 2.45) is 10.4 Å². The number of nitrogens with zero attached hydrogens (tertiary/aromatic N) is 3. The first-order valence-corrected chi connectivity index (χ1v) is 10.2. The summed E-state index contributed by atoms with van der Waals surface area (Å²) in [6.45, 7) is 8.56. The number of pyridine rings is 2. The number of aromatic hydroxyl groups is 1. The van der Waals surface area contributed by atoms with Crippen LogP contribution in [0, 0.1) is 18.4 Å². The maximum Gasteiger partial charge on any atom is 0.217 e. The number of benzene rings is 1. The van der Waals surface area contributed by atoms with Crippen LogP contribution in [0.3, 0.4) is 0 Å². The Labute approximate surface area is 196 Å². The van der Waals surface area contributed by atoms with E-state index in [4.69, 9.17) is 14.5 Å². The molecule has 0 saturated heterocycles. The second kappa shape index (κ2) is 7.59. The number of aromatic nitrogens is 2. The summed E-state index contributed by atoms with van der Waals surface area (Å²) in [6.07, 6.45) is 3.79. The molecule has 164 valence electrons. The molecule has 1 fully saturated rings. The van der Waals surface area contributed by atoms with E-state index in [1.165, 1.54) is 0 Å². The predicted octanol–water partition coefficient (Wildman–Crippen LogP) is 4.96. The number of hydrogen-bond donors (Lipinski definition) is 1. The Morgan fingerprint density at radius 1 is 1.19 bits per heavy atom. The van der Waals surface area contributed by atoms with Gasteiger partial charge in [-0.15, -0.1) is 6.07 Å². The zero-order valence-electron chi connectivity index (χ0n) is 17.9. The Kier molecular flexibility index (Phi) is 5.33. The van der Waals surface area contributed by atoms with Crippen molar-refractivity contribution < 1.29 is 35.6 Å². The van der Waals surface area contributed by atoms with Gasteiger partial charge in [0.25, 0.3) is 0 Å². The second-order valence-electron chi connectivity index (χ2n) is 8.98. The predicted molar refractivity (Wildman–Crippen MR) is 114 cm³/mol. The molecule has 0 radical (unpaired) electrons. The number of aliphatic imine (C=N–C) groups is 1. The fourth-order valence-corrected chi connectivity index (χ4v) is 4.39. The maximum atomic E-state index is 10.2. The molecule has 2 aromatic heterocycles. The minimum Gasteiger partial charge on any atom is -0.527 e. The molecule has 1 aliphatic carbocycles. The molecule has 3 aromatic rings. The fraction of sp³-hybridized carbons (Fsp3) is 0.375. The third-order valence-corrected chi connectivity index (χ3v) is 6.60. The number of aryl methyl sites for hydroxylation is 1. The number of hydrogen-bond acceptors (Lipinski definition) is 6. The zero-order valence-corrected chi connectivity index (χ0v) is 20.1. The summed E-state index contributed by atoms with van der Waals surface area (Å²) in [7, 11) is 0. The largest absolute Gasteiger partial charge is 0.527 e. The standard InChI is InChI=1S/C24H24N3O3.Pt/c1-14-11-15-5-6-20(26-21(15)18(28)12-14)29-16-8-10-25-17(13-16)22-27-24(4)19(30-22)7-9-23(24,2)3;/h5-6,8,10-12,19,28H,7,9H2,1-4H3;/q-1;/t19-,24-;/m1./s1. The quantitative estimate of drug-likeness (QED) is 0.433. The minimum atomic E-state index is -0.260. The van der Waals surface area contributed by atoms with Crippen molar-refractivity contribution in [3.63, 3.8) is 0 Å². The zero-order chi connectivity index (χ0) is 21.1. The average Bonchev–Trinajstić information content (AvgIpc) is 3.15. The first-order chi connectivity index (χ1) is 14.2. The Morgan fingerprint density at radius 2 is 2.00 bits per heavy atom. The first-order valence-electron chi connectivity index (χ1n) is 10.2. The van der Waals surface area contributed by atoms with Gasteiger partial charge in [0.2, 0.25) is 5.88 Å². The van der Waals surface area contributed by atoms with E-state index < -0.39 is 0 Å². The van der Waals surface area contributed by atoms with E-state index >= 15 is 0 Å². The normalized spacial score (nSPS) is 23.6. The van der Waals surface area contributed by atoms with Gasteiger partial charge < -0.3 is 19.6 Å². The molecule has 1 aromatic carbocycles. The van der Waals surface area contributed by atoms with Crippen molar-refractivity contribution in [2.45, 2.75) is 52.2 Å². The minimum absolute atomic E-state index is 0. The smallest absolute Gasteiger partial charge is 0.217 e. The summed E-state index contributed by atoms with van der Waals surface area (Å²) in [5.41, 5.74) is 1.81. The van der Waals surface area contributed by atoms with Crippen LogP contribution in [0.1, 0.15) is 44.9 Å². The van der Waals surface area contributed by atoms with Crippen LogP contribution in [0.4, 0.5) is 0 Å². The van der Waals surface area contributed by atoms with Crippen LogP contribution in [0.2, 0.25) is 0 Å². The molecule has 2 atom stereocenters. The molecule has 5 rings (SSSR count). The van der Waals surface area contributed by atoms with E-state index in [1.54, 1.807) is 24.4 Å². The van der Waals surface area contributed by atoms with Gasteiger partial charge in [-0.2, -0.15) is 0 Å². The molecule has 1 saturated carbocycles. The number of fused-ring (bicyclic) bond motifs is 2. The summed E-state index contributed by atoms with van der Waals surface area (Å²) in [5, 5.41) is 11.1. The van der Waals surface area contributed by atoms with E-state index in [-0.39, 0.29) is 43.9 Å². The Hall–Kier alpha value is -2.46. The van der Waals surface area contributed by atoms with Gasteiger partial charge in [0.15, 0.2) is 0 Å². The fourth-order valence-electron chi connectivity index (χ4n) is 4.39. The van der Waals surface area contributed by atoms with Crippen LogP contribution < -0.4 is 4.74 Å². The summed E-state index contributed by atoms with van der Waals surface area (Å²) >= 11 is 0. The molecule has 3 heterocycles. The van der Waals surface area contributed by atoms with Gasteiger partial charge in [0.05, 0.1) is 5.54 Å². The van der Waals surface area contributed by atoms with Crippen molar-refractivity contribution in [3.8, 4) is 17.4 Å². The van der Waals surface area contributed by atoms with E-state index in [0.29, 0.717) is 28.7 Å². The molecule has 6 nitrogen and oxygen atoms in total. The van der Waals surface area contributed by atoms with Crippen molar-refractivity contribution in [3.05, 3.63) is 53.9 Å². The molecule has 0 amide bonds. The maximum absolute atomic E-state index is 10.2. The Balaban J connectivity index is 0.00000231. The molecule has 7 heteroatoms. The first kappa shape index (κ1) is 21.8. The van der Waals surface area contributed by atoms with Gasteiger partial charge in [-0.05, 0) is 62.1 Å². The van der Waals surface area contributed by atoms with Gasteiger partial charge in [-0.25, -0.2) is 4.98 Å². The number of phenols is 1. The Morgan fingerprint density at radius 3 is 2.77 bits per heavy atom. The summed E-state index contributed by atoms with van der Waals surface area (Å²) in [4.78, 5) is 13.7. The summed E-state index contributed by atoms with van der Waals surface area (Å²) in [5.74, 6) is 1.48. The van der Waals surface area contributed by atoms with Gasteiger partial charge >= 0.3 is 0 Å². The van der Waals surface area contributed by atoms with E-state index in [9.17, 15) is 5.11 Å². The summed E-state index contributed by atoms with van der Waals surface area (Å²) < 4.78 is 12.1. The van der Waals surface area contributed by atoms with E-state index in [2.05, 4.69) is 36.8 Å². The molecule has 0 bridgehead atoms. The van der Waals surface area contributed by atoms with Crippen molar-refractivity contribution in [1.82, 2.24) is 9.97 Å². The van der Waals surface area contributed by atoms with Crippen LogP contribution in [0.15, 0.2) is 41.5 Å². The van der Waals surface area contributed by atoms with Crippen molar-refractivity contribution in [2.75, 3.05) is 0 Å². The molecular formula is C24H24N3O3Pt-. The van der Waals surface area contributed by atoms with Crippen LogP contribution >= 0.6 is 0 Å². The third-order valence-electron chi connectivity index (χ3n) is 6.60. The van der Waals surface area contributed by atoms with E-state index in [0.717, 1.165) is 23.8 Å². The number of ether oxygens (including phenoxy) is 2.